The summed E-state index contributed by atoms with van der Waals surface area (Å²) in [5.41, 5.74) is 0. The minimum Gasteiger partial charge on any atom is -0.351 e. The molecule has 8 nitrogen and oxygen atoms in total. The number of thiophene rings is 1. The molecule has 0 aromatic carbocycles. The molecule has 1 aliphatic carbocycles. The monoisotopic (exact) mass is 416 g/mol. The van der Waals surface area contributed by atoms with Crippen LogP contribution in [0.4, 0.5) is 0 Å². The lowest BCUT2D eigenvalue weighted by atomic mass is 9.84. The number of fused-ring (bicyclic) bond motifs is 2. The van der Waals surface area contributed by atoms with Crippen molar-refractivity contribution < 1.29 is 19.2 Å². The van der Waals surface area contributed by atoms with Gasteiger partial charge >= 0.3 is 0 Å². The highest BCUT2D eigenvalue weighted by molar-refractivity contribution is 7.12. The Morgan fingerprint density at radius 1 is 1.21 bits per heavy atom. The van der Waals surface area contributed by atoms with Crippen LogP contribution in [0.25, 0.3) is 0 Å². The van der Waals surface area contributed by atoms with Crippen LogP contribution in [0, 0.1) is 5.92 Å². The lowest BCUT2D eigenvalue weighted by Crippen LogP contribution is -2.52. The summed E-state index contributed by atoms with van der Waals surface area (Å²) >= 11 is 1.35. The molecule has 2 N–H and O–H groups in total. The summed E-state index contributed by atoms with van der Waals surface area (Å²) in [4.78, 5) is 55.2. The highest BCUT2D eigenvalue weighted by atomic mass is 32.1. The number of carbonyl (C=O) groups excluding carboxylic acids is 4. The van der Waals surface area contributed by atoms with Crippen molar-refractivity contribution in [2.75, 3.05) is 13.1 Å². The molecular weight excluding hydrogens is 392 g/mol. The van der Waals surface area contributed by atoms with Gasteiger partial charge in [0, 0.05) is 25.0 Å². The van der Waals surface area contributed by atoms with E-state index in [0.29, 0.717) is 30.8 Å². The Morgan fingerprint density at radius 2 is 2.03 bits per heavy atom. The van der Waals surface area contributed by atoms with E-state index in [9.17, 15) is 19.2 Å². The fraction of sp³-hybridized carbons (Fsp3) is 0.600. The molecule has 1 saturated carbocycles. The van der Waals surface area contributed by atoms with Gasteiger partial charge in [-0.2, -0.15) is 0 Å². The molecule has 9 heteroatoms. The Bertz CT molecular complexity index is 853. The van der Waals surface area contributed by atoms with Crippen molar-refractivity contribution in [3.8, 4) is 0 Å². The minimum atomic E-state index is -0.681. The molecule has 154 valence electrons. The zero-order valence-corrected chi connectivity index (χ0v) is 16.8. The molecule has 4 heterocycles. The molecule has 4 amide bonds. The molecule has 3 aliphatic heterocycles. The van der Waals surface area contributed by atoms with Gasteiger partial charge in [-0.15, -0.1) is 11.3 Å². The minimum absolute atomic E-state index is 0.0278. The van der Waals surface area contributed by atoms with Crippen LogP contribution in [-0.4, -0.2) is 70.7 Å². The van der Waals surface area contributed by atoms with Crippen LogP contribution < -0.4 is 10.6 Å². The van der Waals surface area contributed by atoms with Gasteiger partial charge in [0.1, 0.15) is 12.1 Å². The maximum Gasteiger partial charge on any atom is 0.264 e. The van der Waals surface area contributed by atoms with Gasteiger partial charge in [0.2, 0.25) is 17.7 Å². The second kappa shape index (κ2) is 7.12. The van der Waals surface area contributed by atoms with E-state index < -0.39 is 12.1 Å². The summed E-state index contributed by atoms with van der Waals surface area (Å²) in [6.07, 6.45) is 3.90. The van der Waals surface area contributed by atoms with Gasteiger partial charge in [0.05, 0.1) is 10.9 Å². The number of rotatable bonds is 3. The van der Waals surface area contributed by atoms with E-state index >= 15 is 0 Å². The van der Waals surface area contributed by atoms with E-state index in [1.54, 1.807) is 15.9 Å². The quantitative estimate of drug-likeness (QED) is 0.743. The first-order valence-electron chi connectivity index (χ1n) is 10.3. The smallest absolute Gasteiger partial charge is 0.264 e. The molecular formula is C20H24N4O4S. The van der Waals surface area contributed by atoms with Crippen molar-refractivity contribution in [3.63, 3.8) is 0 Å². The molecule has 0 bridgehead atoms. The summed E-state index contributed by atoms with van der Waals surface area (Å²) < 4.78 is 0. The van der Waals surface area contributed by atoms with E-state index in [1.165, 1.54) is 11.3 Å². The number of likely N-dealkylation sites (tertiary alicyclic amines) is 1. The second-order valence-electron chi connectivity index (χ2n) is 8.40. The molecule has 4 atom stereocenters. The van der Waals surface area contributed by atoms with Crippen LogP contribution in [-0.2, 0) is 14.4 Å². The summed E-state index contributed by atoms with van der Waals surface area (Å²) in [7, 11) is 0. The SMILES string of the molecule is O=C(N[C@H]1C[C@@H]2C(=O)N[C@H]3CCN(C(=O)c4cccs4)[C@@H]3C(=O)N2C1)C1CCC1. The lowest BCUT2D eigenvalue weighted by Gasteiger charge is -2.29. The standard InChI is InChI=1S/C20H24N4O4S/c25-17(11-3-1-4-11)21-12-9-14-18(26)22-13-6-7-23(16(13)20(28)24(14)10-12)19(27)15-5-2-8-29-15/h2,5,8,11-14,16H,1,3-4,6-7,9-10H2,(H,21,25)(H,22,26)/t12-,13-,14+,16-/m0/s1. The first-order chi connectivity index (χ1) is 14.0. The van der Waals surface area contributed by atoms with Gasteiger partial charge in [-0.1, -0.05) is 12.5 Å². The van der Waals surface area contributed by atoms with Crippen LogP contribution in [0.5, 0.6) is 0 Å². The van der Waals surface area contributed by atoms with Crippen molar-refractivity contribution in [1.82, 2.24) is 20.4 Å². The van der Waals surface area contributed by atoms with E-state index in [2.05, 4.69) is 10.6 Å². The second-order valence-corrected chi connectivity index (χ2v) is 9.35. The van der Waals surface area contributed by atoms with E-state index in [-0.39, 0.29) is 41.6 Å². The van der Waals surface area contributed by atoms with Crippen LogP contribution in [0.1, 0.15) is 41.8 Å². The Balaban J connectivity index is 1.34. The summed E-state index contributed by atoms with van der Waals surface area (Å²) in [6.45, 7) is 0.762. The first kappa shape index (κ1) is 18.6. The third kappa shape index (κ3) is 3.11. The molecule has 3 saturated heterocycles. The fourth-order valence-electron chi connectivity index (χ4n) is 4.89. The largest absolute Gasteiger partial charge is 0.351 e. The van der Waals surface area contributed by atoms with Crippen LogP contribution in [0.3, 0.4) is 0 Å². The van der Waals surface area contributed by atoms with Gasteiger partial charge < -0.3 is 20.4 Å². The van der Waals surface area contributed by atoms with Crippen LogP contribution >= 0.6 is 11.3 Å². The van der Waals surface area contributed by atoms with Crippen molar-refractivity contribution in [3.05, 3.63) is 22.4 Å². The zero-order valence-electron chi connectivity index (χ0n) is 16.0. The summed E-state index contributed by atoms with van der Waals surface area (Å²) in [5, 5.41) is 7.85. The maximum absolute atomic E-state index is 13.4. The molecule has 0 unspecified atom stereocenters. The number of nitrogens with zero attached hydrogens (tertiary/aromatic N) is 2. The third-order valence-electron chi connectivity index (χ3n) is 6.68. The molecule has 4 fully saturated rings. The van der Waals surface area contributed by atoms with Crippen molar-refractivity contribution in [2.24, 2.45) is 5.92 Å². The average molecular weight is 417 g/mol. The first-order valence-corrected chi connectivity index (χ1v) is 11.2. The Hall–Kier alpha value is -2.42. The summed E-state index contributed by atoms with van der Waals surface area (Å²) in [6, 6.07) is 1.73. The van der Waals surface area contributed by atoms with E-state index in [1.807, 2.05) is 11.4 Å². The van der Waals surface area contributed by atoms with Crippen molar-refractivity contribution >= 4 is 35.0 Å². The van der Waals surface area contributed by atoms with Crippen LogP contribution in [0.15, 0.2) is 17.5 Å². The number of hydrogen-bond donors (Lipinski definition) is 2. The van der Waals surface area contributed by atoms with E-state index in [4.69, 9.17) is 0 Å². The van der Waals surface area contributed by atoms with Gasteiger partial charge in [0.15, 0.2) is 0 Å². The predicted molar refractivity (Wildman–Crippen MR) is 105 cm³/mol. The fourth-order valence-corrected chi connectivity index (χ4v) is 5.57. The highest BCUT2D eigenvalue weighted by Crippen LogP contribution is 2.31. The molecule has 4 aliphatic rings. The molecule has 29 heavy (non-hydrogen) atoms. The molecule has 1 aromatic heterocycles. The molecule has 5 rings (SSSR count). The zero-order chi connectivity index (χ0) is 20.1. The van der Waals surface area contributed by atoms with Crippen LogP contribution in [0.2, 0.25) is 0 Å². The van der Waals surface area contributed by atoms with Crippen molar-refractivity contribution in [2.45, 2.75) is 56.3 Å². The number of carbonyl (C=O) groups is 4. The van der Waals surface area contributed by atoms with Gasteiger partial charge in [0.25, 0.3) is 5.91 Å². The lowest BCUT2D eigenvalue weighted by molar-refractivity contribution is -0.138. The maximum atomic E-state index is 13.4. The Morgan fingerprint density at radius 3 is 2.72 bits per heavy atom. The molecule has 0 radical (unpaired) electrons. The number of amides is 4. The molecule has 1 aromatic rings. The number of hydrogen-bond acceptors (Lipinski definition) is 5. The Labute approximate surface area is 172 Å². The van der Waals surface area contributed by atoms with E-state index in [0.717, 1.165) is 19.3 Å². The van der Waals surface area contributed by atoms with Gasteiger partial charge in [-0.3, -0.25) is 19.2 Å². The highest BCUT2D eigenvalue weighted by Gasteiger charge is 2.52. The molecule has 0 spiro atoms. The normalized spacial score (nSPS) is 31.6. The summed E-state index contributed by atoms with van der Waals surface area (Å²) in [5.74, 6) is -0.446. The number of nitrogens with one attached hydrogen (secondary N) is 2. The topological polar surface area (TPSA) is 98.8 Å². The predicted octanol–water partition coefficient (Wildman–Crippen LogP) is 0.347. The van der Waals surface area contributed by atoms with Crippen molar-refractivity contribution in [1.29, 1.82) is 0 Å². The Kier molecular flexibility index (Phi) is 4.57. The van der Waals surface area contributed by atoms with Gasteiger partial charge in [-0.25, -0.2) is 0 Å². The average Bonchev–Trinajstić information content (AvgIpc) is 3.37. The van der Waals surface area contributed by atoms with Gasteiger partial charge in [-0.05, 0) is 37.1 Å². The third-order valence-corrected chi connectivity index (χ3v) is 7.54.